The minimum absolute atomic E-state index is 0.262. The third-order valence-corrected chi connectivity index (χ3v) is 2.96. The van der Waals surface area contributed by atoms with Crippen molar-refractivity contribution in [3.63, 3.8) is 0 Å². The van der Waals surface area contributed by atoms with Gasteiger partial charge < -0.3 is 4.74 Å². The van der Waals surface area contributed by atoms with Gasteiger partial charge >= 0.3 is 6.36 Å². The number of benzene rings is 1. The number of hydrogen-bond acceptors (Lipinski definition) is 3. The molecule has 0 unspecified atom stereocenters. The molecule has 8 heteroatoms. The van der Waals surface area contributed by atoms with Gasteiger partial charge in [0.2, 0.25) is 0 Å². The lowest BCUT2D eigenvalue weighted by molar-refractivity contribution is -0.274. The summed E-state index contributed by atoms with van der Waals surface area (Å²) in [5, 5.41) is 3.77. The number of nitrogens with zero attached hydrogens (tertiary/aromatic N) is 3. The Hall–Kier alpha value is -2.09. The number of rotatable bonds is 4. The van der Waals surface area contributed by atoms with Gasteiger partial charge in [0.05, 0.1) is 5.45 Å². The third kappa shape index (κ3) is 3.76. The van der Waals surface area contributed by atoms with Gasteiger partial charge in [-0.1, -0.05) is 34.1 Å². The quantitative estimate of drug-likeness (QED) is 0.456. The van der Waals surface area contributed by atoms with Crippen LogP contribution < -0.4 is 10.2 Å². The van der Waals surface area contributed by atoms with Crippen LogP contribution in [-0.4, -0.2) is 23.2 Å². The van der Waals surface area contributed by atoms with Gasteiger partial charge in [-0.2, -0.15) is 5.10 Å². The smallest absolute Gasteiger partial charge is 0.405 e. The average molecular weight is 374 g/mol. The van der Waals surface area contributed by atoms with Crippen molar-refractivity contribution in [3.8, 4) is 16.9 Å². The Labute approximate surface area is 132 Å². The van der Waals surface area contributed by atoms with Crippen LogP contribution in [-0.2, 0) is 0 Å². The predicted molar refractivity (Wildman–Crippen MR) is 80.9 cm³/mol. The normalized spacial score (nSPS) is 12.3. The number of pyridine rings is 1. The summed E-state index contributed by atoms with van der Waals surface area (Å²) in [6.07, 6.45) is -3.17. The summed E-state index contributed by atoms with van der Waals surface area (Å²) in [5.74, 6) is -0.303. The highest BCUT2D eigenvalue weighted by atomic mass is 79.9. The van der Waals surface area contributed by atoms with Crippen LogP contribution in [0.3, 0.4) is 0 Å². The number of para-hydroxylation sites is 1. The van der Waals surface area contributed by atoms with E-state index in [-0.39, 0.29) is 16.8 Å². The van der Waals surface area contributed by atoms with E-state index in [1.807, 2.05) is 0 Å². The molecule has 22 heavy (non-hydrogen) atoms. The molecule has 0 N–H and O–H groups in total. The Morgan fingerprint density at radius 1 is 1.14 bits per heavy atom. The fraction of sp³-hybridized carbons (Fsp3) is 0.143. The maximum Gasteiger partial charge on any atom is 0.573 e. The highest BCUT2D eigenvalue weighted by Gasteiger charge is 2.32. The van der Waals surface area contributed by atoms with Crippen molar-refractivity contribution in [3.05, 3.63) is 48.1 Å². The number of alkyl halides is 4. The molecule has 1 heterocycles. The first kappa shape index (κ1) is 16.3. The summed E-state index contributed by atoms with van der Waals surface area (Å²) in [6, 6.07) is 9.14. The van der Waals surface area contributed by atoms with Crippen molar-refractivity contribution in [2.24, 2.45) is 10.1 Å². The molecular formula is C14H11BrF3N3O. The van der Waals surface area contributed by atoms with Crippen LogP contribution in [0.4, 0.5) is 13.2 Å². The Morgan fingerprint density at radius 2 is 1.82 bits per heavy atom. The zero-order chi connectivity index (χ0) is 16.2. The monoisotopic (exact) mass is 373 g/mol. The topological polar surface area (TPSA) is 38.9 Å². The van der Waals surface area contributed by atoms with Crippen molar-refractivity contribution in [1.82, 2.24) is 4.68 Å². The average Bonchev–Trinajstić information content (AvgIpc) is 2.47. The third-order valence-electron chi connectivity index (χ3n) is 2.71. The van der Waals surface area contributed by atoms with Crippen LogP contribution in [0.25, 0.3) is 11.1 Å². The minimum atomic E-state index is -4.77. The zero-order valence-corrected chi connectivity index (χ0v) is 12.8. The Bertz CT molecular complexity index is 741. The molecule has 1 aromatic carbocycles. The molecule has 0 aliphatic rings. The largest absolute Gasteiger partial charge is 0.573 e. The summed E-state index contributed by atoms with van der Waals surface area (Å²) in [6.45, 7) is 3.42. The summed E-state index contributed by atoms with van der Waals surface area (Å²) >= 11 is 3.17. The van der Waals surface area contributed by atoms with Crippen LogP contribution >= 0.6 is 15.9 Å². The molecule has 1 aromatic heterocycles. The van der Waals surface area contributed by atoms with E-state index in [2.05, 4.69) is 37.5 Å². The lowest BCUT2D eigenvalue weighted by Gasteiger charge is -2.14. The van der Waals surface area contributed by atoms with Crippen molar-refractivity contribution in [2.75, 3.05) is 5.45 Å². The predicted octanol–water partition coefficient (Wildman–Crippen LogP) is 3.77. The van der Waals surface area contributed by atoms with E-state index < -0.39 is 6.36 Å². The molecule has 0 fully saturated rings. The highest BCUT2D eigenvalue weighted by Crippen LogP contribution is 2.32. The van der Waals surface area contributed by atoms with Crippen molar-refractivity contribution < 1.29 is 17.9 Å². The molecule has 4 nitrogen and oxygen atoms in total. The maximum absolute atomic E-state index is 12.5. The van der Waals surface area contributed by atoms with Gasteiger partial charge in [0.25, 0.3) is 0 Å². The van der Waals surface area contributed by atoms with Crippen LogP contribution in [0.15, 0.2) is 52.7 Å². The van der Waals surface area contributed by atoms with E-state index in [0.29, 0.717) is 11.1 Å². The van der Waals surface area contributed by atoms with Crippen LogP contribution in [0.2, 0.25) is 0 Å². The molecule has 0 aliphatic heterocycles. The fourth-order valence-electron chi connectivity index (χ4n) is 1.93. The molecule has 2 aromatic rings. The Kier molecular flexibility index (Phi) is 5.02. The summed E-state index contributed by atoms with van der Waals surface area (Å²) < 4.78 is 43.1. The summed E-state index contributed by atoms with van der Waals surface area (Å²) in [7, 11) is 0. The SMILES string of the molecule is C=Nn1cccc(-c2ccccc2OC(F)(F)F)/c1=N/CBr. The lowest BCUT2D eigenvalue weighted by Crippen LogP contribution is -2.21. The molecule has 0 saturated heterocycles. The van der Waals surface area contributed by atoms with E-state index in [1.165, 1.54) is 22.9 Å². The van der Waals surface area contributed by atoms with Crippen molar-refractivity contribution >= 4 is 22.6 Å². The van der Waals surface area contributed by atoms with Crippen LogP contribution in [0, 0.1) is 0 Å². The van der Waals surface area contributed by atoms with Gasteiger partial charge in [0, 0.05) is 24.0 Å². The molecular weight excluding hydrogens is 363 g/mol. The summed E-state index contributed by atoms with van der Waals surface area (Å²) in [5.41, 5.74) is 1.35. The number of halogens is 4. The van der Waals surface area contributed by atoms with Crippen LogP contribution in [0.5, 0.6) is 5.75 Å². The van der Waals surface area contributed by atoms with Gasteiger partial charge in [0.15, 0.2) is 5.49 Å². The summed E-state index contributed by atoms with van der Waals surface area (Å²) in [4.78, 5) is 4.20. The molecule has 116 valence electrons. The molecule has 2 rings (SSSR count). The van der Waals surface area contributed by atoms with Gasteiger partial charge in [0.1, 0.15) is 5.75 Å². The zero-order valence-electron chi connectivity index (χ0n) is 11.2. The van der Waals surface area contributed by atoms with E-state index in [4.69, 9.17) is 0 Å². The molecule has 0 radical (unpaired) electrons. The Balaban J connectivity index is 2.68. The fourth-order valence-corrected chi connectivity index (χ4v) is 2.17. The second kappa shape index (κ2) is 6.78. The highest BCUT2D eigenvalue weighted by molar-refractivity contribution is 9.09. The standard InChI is InChI=1S/C14H11BrF3N3O/c1-19-21-8-4-6-11(13(21)20-9-15)10-5-2-3-7-12(10)22-14(16,17)18/h2-8H,1,9H2/b20-13-. The van der Waals surface area contributed by atoms with Gasteiger partial charge in [-0.25, -0.2) is 4.68 Å². The van der Waals surface area contributed by atoms with Gasteiger partial charge in [-0.3, -0.25) is 4.99 Å². The molecule has 0 bridgehead atoms. The molecule has 0 aliphatic carbocycles. The lowest BCUT2D eigenvalue weighted by atomic mass is 10.1. The number of hydrogen-bond donors (Lipinski definition) is 0. The number of aromatic nitrogens is 1. The first-order valence-corrected chi connectivity index (χ1v) is 7.18. The van der Waals surface area contributed by atoms with E-state index in [9.17, 15) is 13.2 Å². The second-order valence-corrected chi connectivity index (χ2v) is 4.55. The molecule has 0 amide bonds. The van der Waals surface area contributed by atoms with Gasteiger partial charge in [-0.15, -0.1) is 13.2 Å². The Morgan fingerprint density at radius 3 is 2.45 bits per heavy atom. The second-order valence-electron chi connectivity index (χ2n) is 4.05. The van der Waals surface area contributed by atoms with E-state index in [1.54, 1.807) is 24.4 Å². The molecule has 0 atom stereocenters. The minimum Gasteiger partial charge on any atom is -0.405 e. The first-order chi connectivity index (χ1) is 10.5. The number of ether oxygens (including phenoxy) is 1. The maximum atomic E-state index is 12.5. The van der Waals surface area contributed by atoms with Crippen molar-refractivity contribution in [1.29, 1.82) is 0 Å². The van der Waals surface area contributed by atoms with Gasteiger partial charge in [-0.05, 0) is 18.2 Å². The molecule has 0 saturated carbocycles. The van der Waals surface area contributed by atoms with E-state index >= 15 is 0 Å². The van der Waals surface area contributed by atoms with E-state index in [0.717, 1.165) is 0 Å². The molecule has 0 spiro atoms. The first-order valence-electron chi connectivity index (χ1n) is 6.06. The van der Waals surface area contributed by atoms with Crippen molar-refractivity contribution in [2.45, 2.75) is 6.36 Å². The van der Waals surface area contributed by atoms with Crippen LogP contribution in [0.1, 0.15) is 0 Å².